The van der Waals surface area contributed by atoms with Crippen molar-refractivity contribution in [3.05, 3.63) is 95.1 Å². The van der Waals surface area contributed by atoms with Crippen LogP contribution in [-0.2, 0) is 17.8 Å². The van der Waals surface area contributed by atoms with Crippen LogP contribution in [0.3, 0.4) is 0 Å². The smallest absolute Gasteiger partial charge is 0.320 e. The van der Waals surface area contributed by atoms with Crippen molar-refractivity contribution in [3.8, 4) is 11.1 Å². The van der Waals surface area contributed by atoms with E-state index >= 15 is 0 Å². The van der Waals surface area contributed by atoms with Crippen LogP contribution in [0.4, 0.5) is 0 Å². The largest absolute Gasteiger partial charge is 0.480 e. The van der Waals surface area contributed by atoms with Gasteiger partial charge in [-0.3, -0.25) is 9.59 Å². The van der Waals surface area contributed by atoms with Crippen LogP contribution >= 0.6 is 0 Å². The summed E-state index contributed by atoms with van der Waals surface area (Å²) in [6.07, 6.45) is 5.02. The van der Waals surface area contributed by atoms with Crippen LogP contribution in [-0.4, -0.2) is 34.7 Å². The van der Waals surface area contributed by atoms with Gasteiger partial charge in [-0.2, -0.15) is 0 Å². The number of aliphatic hydroxyl groups is 1. The van der Waals surface area contributed by atoms with Crippen LogP contribution in [0, 0.1) is 5.92 Å². The SMILES string of the molecule is N[C@H](Cc1ccc(C(=O)NC[C@@H](c2ccc(-c3ccc(CO)cc3)cc2)C2CCCC2)cc1)C(=O)O. The fourth-order valence-electron chi connectivity index (χ4n) is 5.08. The maximum atomic E-state index is 12.9. The van der Waals surface area contributed by atoms with Crippen LogP contribution < -0.4 is 11.1 Å². The van der Waals surface area contributed by atoms with Crippen molar-refractivity contribution in [3.63, 3.8) is 0 Å². The lowest BCUT2D eigenvalue weighted by Crippen LogP contribution is -2.32. The van der Waals surface area contributed by atoms with Gasteiger partial charge in [0.2, 0.25) is 0 Å². The predicted molar refractivity (Wildman–Crippen MR) is 141 cm³/mol. The van der Waals surface area contributed by atoms with E-state index in [1.165, 1.54) is 31.2 Å². The Hall–Kier alpha value is -3.48. The first-order chi connectivity index (χ1) is 17.4. The molecule has 1 saturated carbocycles. The Balaban J connectivity index is 1.43. The summed E-state index contributed by atoms with van der Waals surface area (Å²) in [5.41, 5.74) is 11.3. The molecule has 5 N–H and O–H groups in total. The van der Waals surface area contributed by atoms with Crippen molar-refractivity contribution in [2.75, 3.05) is 6.54 Å². The first-order valence-electron chi connectivity index (χ1n) is 12.6. The predicted octanol–water partition coefficient (Wildman–Crippen LogP) is 4.50. The van der Waals surface area contributed by atoms with Gasteiger partial charge in [0.05, 0.1) is 6.61 Å². The molecule has 0 aromatic heterocycles. The number of amides is 1. The highest BCUT2D eigenvalue weighted by atomic mass is 16.4. The monoisotopic (exact) mass is 486 g/mol. The molecule has 0 unspecified atom stereocenters. The molecule has 0 spiro atoms. The number of carbonyl (C=O) groups is 2. The van der Waals surface area contributed by atoms with E-state index in [9.17, 15) is 14.7 Å². The number of carbonyl (C=O) groups excluding carboxylic acids is 1. The lowest BCUT2D eigenvalue weighted by atomic mass is 9.84. The highest BCUT2D eigenvalue weighted by Gasteiger charge is 2.27. The van der Waals surface area contributed by atoms with Crippen molar-refractivity contribution in [2.24, 2.45) is 11.7 Å². The van der Waals surface area contributed by atoms with Gasteiger partial charge in [0, 0.05) is 18.0 Å². The summed E-state index contributed by atoms with van der Waals surface area (Å²) in [5.74, 6) is -0.384. The topological polar surface area (TPSA) is 113 Å². The summed E-state index contributed by atoms with van der Waals surface area (Å²) in [6.45, 7) is 0.608. The van der Waals surface area contributed by atoms with Gasteiger partial charge in [0.1, 0.15) is 6.04 Å². The van der Waals surface area contributed by atoms with Crippen LogP contribution in [0.1, 0.15) is 58.6 Å². The number of nitrogens with one attached hydrogen (secondary N) is 1. The Morgan fingerprint density at radius 2 is 1.42 bits per heavy atom. The molecule has 36 heavy (non-hydrogen) atoms. The number of aliphatic hydroxyl groups excluding tert-OH is 1. The second-order valence-corrected chi connectivity index (χ2v) is 9.68. The fourth-order valence-corrected chi connectivity index (χ4v) is 5.08. The zero-order chi connectivity index (χ0) is 25.5. The Morgan fingerprint density at radius 1 is 0.861 bits per heavy atom. The highest BCUT2D eigenvalue weighted by Crippen LogP contribution is 2.37. The van der Waals surface area contributed by atoms with Gasteiger partial charge in [-0.1, -0.05) is 73.5 Å². The van der Waals surface area contributed by atoms with Gasteiger partial charge in [0.15, 0.2) is 0 Å². The number of rotatable bonds is 10. The fraction of sp³-hybridized carbons (Fsp3) is 0.333. The van der Waals surface area contributed by atoms with Crippen molar-refractivity contribution in [1.29, 1.82) is 0 Å². The van der Waals surface area contributed by atoms with Gasteiger partial charge in [-0.25, -0.2) is 0 Å². The molecule has 4 rings (SSSR count). The molecule has 6 nitrogen and oxygen atoms in total. The highest BCUT2D eigenvalue weighted by molar-refractivity contribution is 5.94. The summed E-state index contributed by atoms with van der Waals surface area (Å²) in [7, 11) is 0. The van der Waals surface area contributed by atoms with E-state index in [-0.39, 0.29) is 24.9 Å². The standard InChI is InChI=1S/C30H34N2O4/c31-28(30(35)36)17-20-5-11-26(12-6-20)29(34)32-18-27(24-3-1-2-4-24)25-15-13-23(14-16-25)22-9-7-21(19-33)8-10-22/h5-16,24,27-28,33H,1-4,17-19,31H2,(H,32,34)(H,35,36)/t27-,28-/m1/s1. The van der Waals surface area contributed by atoms with Gasteiger partial charge < -0.3 is 21.3 Å². The van der Waals surface area contributed by atoms with Crippen molar-refractivity contribution in [1.82, 2.24) is 5.32 Å². The van der Waals surface area contributed by atoms with Crippen LogP contribution in [0.5, 0.6) is 0 Å². The average molecular weight is 487 g/mol. The van der Waals surface area contributed by atoms with Crippen molar-refractivity contribution < 1.29 is 19.8 Å². The molecule has 1 amide bonds. The first kappa shape index (κ1) is 25.6. The van der Waals surface area contributed by atoms with E-state index < -0.39 is 12.0 Å². The molecule has 6 heteroatoms. The molecular formula is C30H34N2O4. The number of carboxylic acid groups (broad SMARTS) is 1. The van der Waals surface area contributed by atoms with E-state index in [0.717, 1.165) is 22.3 Å². The minimum Gasteiger partial charge on any atom is -0.480 e. The molecule has 2 atom stereocenters. The number of benzene rings is 3. The molecule has 0 heterocycles. The number of nitrogens with two attached hydrogens (primary N) is 1. The average Bonchev–Trinajstić information content (AvgIpc) is 3.44. The maximum Gasteiger partial charge on any atom is 0.320 e. The summed E-state index contributed by atoms with van der Waals surface area (Å²) >= 11 is 0. The maximum absolute atomic E-state index is 12.9. The molecule has 1 fully saturated rings. The number of hydrogen-bond acceptors (Lipinski definition) is 4. The molecule has 0 aliphatic heterocycles. The zero-order valence-electron chi connectivity index (χ0n) is 20.4. The third kappa shape index (κ3) is 6.39. The molecule has 3 aromatic rings. The number of aliphatic carboxylic acids is 1. The molecule has 0 radical (unpaired) electrons. The van der Waals surface area contributed by atoms with E-state index in [2.05, 4.69) is 29.6 Å². The Morgan fingerprint density at radius 3 is 1.97 bits per heavy atom. The summed E-state index contributed by atoms with van der Waals surface area (Å²) in [4.78, 5) is 23.9. The Kier molecular flexibility index (Phi) is 8.52. The number of carboxylic acids is 1. The normalized spacial score (nSPS) is 15.4. The Bertz CT molecular complexity index is 1150. The van der Waals surface area contributed by atoms with Crippen molar-refractivity contribution >= 4 is 11.9 Å². The Labute approximate surface area is 212 Å². The zero-order valence-corrected chi connectivity index (χ0v) is 20.4. The summed E-state index contributed by atoms with van der Waals surface area (Å²) in [5, 5.41) is 21.4. The van der Waals surface area contributed by atoms with Crippen LogP contribution in [0.2, 0.25) is 0 Å². The van der Waals surface area contributed by atoms with E-state index in [4.69, 9.17) is 10.8 Å². The third-order valence-electron chi connectivity index (χ3n) is 7.25. The van der Waals surface area contributed by atoms with Crippen LogP contribution in [0.25, 0.3) is 11.1 Å². The second-order valence-electron chi connectivity index (χ2n) is 9.68. The number of hydrogen-bond donors (Lipinski definition) is 4. The van der Waals surface area contributed by atoms with Gasteiger partial charge in [-0.15, -0.1) is 0 Å². The van der Waals surface area contributed by atoms with Gasteiger partial charge in [0.25, 0.3) is 5.91 Å². The molecule has 1 aliphatic carbocycles. The quantitative estimate of drug-likeness (QED) is 0.337. The summed E-state index contributed by atoms with van der Waals surface area (Å²) < 4.78 is 0. The van der Waals surface area contributed by atoms with Crippen LogP contribution in [0.15, 0.2) is 72.8 Å². The lowest BCUT2D eigenvalue weighted by molar-refractivity contribution is -0.138. The molecule has 3 aromatic carbocycles. The minimum atomic E-state index is -1.04. The first-order valence-corrected chi connectivity index (χ1v) is 12.6. The molecule has 0 bridgehead atoms. The van der Waals surface area contributed by atoms with E-state index in [0.29, 0.717) is 18.0 Å². The lowest BCUT2D eigenvalue weighted by Gasteiger charge is -2.25. The van der Waals surface area contributed by atoms with E-state index in [1.807, 2.05) is 24.3 Å². The third-order valence-corrected chi connectivity index (χ3v) is 7.25. The molecule has 1 aliphatic rings. The van der Waals surface area contributed by atoms with Gasteiger partial charge in [-0.05, 0) is 65.1 Å². The minimum absolute atomic E-state index is 0.0387. The molecule has 0 saturated heterocycles. The molecule has 188 valence electrons. The molecular weight excluding hydrogens is 452 g/mol. The van der Waals surface area contributed by atoms with Gasteiger partial charge >= 0.3 is 5.97 Å². The van der Waals surface area contributed by atoms with Crippen molar-refractivity contribution in [2.45, 2.75) is 50.7 Å². The summed E-state index contributed by atoms with van der Waals surface area (Å²) in [6, 6.07) is 22.5. The second kappa shape index (κ2) is 12.0. The van der Waals surface area contributed by atoms with E-state index in [1.54, 1.807) is 24.3 Å².